The van der Waals surface area contributed by atoms with Crippen LogP contribution in [0.3, 0.4) is 0 Å². The van der Waals surface area contributed by atoms with Crippen molar-refractivity contribution in [1.29, 1.82) is 0 Å². The van der Waals surface area contributed by atoms with Crippen LogP contribution in [0, 0.1) is 0 Å². The highest BCUT2D eigenvalue weighted by Crippen LogP contribution is 2.30. The van der Waals surface area contributed by atoms with Crippen molar-refractivity contribution in [1.82, 2.24) is 5.32 Å². The van der Waals surface area contributed by atoms with E-state index in [1.165, 1.54) is 4.31 Å². The van der Waals surface area contributed by atoms with Gasteiger partial charge in [0, 0.05) is 0 Å². The van der Waals surface area contributed by atoms with Gasteiger partial charge in [0.1, 0.15) is 6.04 Å². The third kappa shape index (κ3) is 5.41. The molecule has 0 spiro atoms. The van der Waals surface area contributed by atoms with E-state index >= 15 is 0 Å². The second-order valence-electron chi connectivity index (χ2n) is 6.66. The lowest BCUT2D eigenvalue weighted by Gasteiger charge is -2.31. The van der Waals surface area contributed by atoms with E-state index in [4.69, 9.17) is 9.47 Å². The van der Waals surface area contributed by atoms with E-state index < -0.39 is 16.1 Å². The monoisotopic (exact) mass is 420 g/mol. The molecule has 0 aliphatic carbocycles. The van der Waals surface area contributed by atoms with Crippen LogP contribution in [0.2, 0.25) is 0 Å². The normalized spacial score (nSPS) is 13.3. The smallest absolute Gasteiger partial charge is 0.244 e. The number of benzene rings is 2. The Morgan fingerprint density at radius 3 is 2.21 bits per heavy atom. The fourth-order valence-electron chi connectivity index (χ4n) is 3.15. The van der Waals surface area contributed by atoms with Crippen LogP contribution >= 0.6 is 0 Å². The summed E-state index contributed by atoms with van der Waals surface area (Å²) in [4.78, 5) is 13.0. The van der Waals surface area contributed by atoms with Crippen LogP contribution in [0.15, 0.2) is 48.5 Å². The molecule has 29 heavy (non-hydrogen) atoms. The number of sulfonamides is 1. The second-order valence-corrected chi connectivity index (χ2v) is 8.52. The zero-order valence-corrected chi connectivity index (χ0v) is 18.2. The van der Waals surface area contributed by atoms with Crippen molar-refractivity contribution in [2.24, 2.45) is 0 Å². The zero-order valence-electron chi connectivity index (χ0n) is 17.4. The molecule has 0 aromatic heterocycles. The Morgan fingerprint density at radius 1 is 1.07 bits per heavy atom. The number of nitrogens with zero attached hydrogens (tertiary/aromatic N) is 1. The van der Waals surface area contributed by atoms with Crippen LogP contribution in [0.4, 0.5) is 5.69 Å². The van der Waals surface area contributed by atoms with Gasteiger partial charge in [0.05, 0.1) is 32.2 Å². The molecular formula is C21H28N2O5S. The summed E-state index contributed by atoms with van der Waals surface area (Å²) >= 11 is 0. The topological polar surface area (TPSA) is 84.9 Å². The number of ether oxygens (including phenoxy) is 2. The van der Waals surface area contributed by atoms with E-state index in [2.05, 4.69) is 5.32 Å². The summed E-state index contributed by atoms with van der Waals surface area (Å²) in [6, 6.07) is 12.8. The maximum absolute atomic E-state index is 13.0. The van der Waals surface area contributed by atoms with Gasteiger partial charge in [-0.15, -0.1) is 0 Å². The number of carbonyl (C=O) groups is 1. The quantitative estimate of drug-likeness (QED) is 0.674. The number of anilines is 1. The molecule has 0 bridgehead atoms. The molecule has 7 nitrogen and oxygen atoms in total. The average molecular weight is 421 g/mol. The molecule has 158 valence electrons. The minimum absolute atomic E-state index is 0.326. The van der Waals surface area contributed by atoms with Crippen LogP contribution in [-0.4, -0.2) is 40.8 Å². The molecule has 0 saturated carbocycles. The molecule has 0 aliphatic heterocycles. The van der Waals surface area contributed by atoms with Crippen molar-refractivity contribution < 1.29 is 22.7 Å². The fraction of sp³-hybridized carbons (Fsp3) is 0.381. The number of hydrogen-bond donors (Lipinski definition) is 1. The summed E-state index contributed by atoms with van der Waals surface area (Å²) in [6.45, 7) is 3.62. The number of methoxy groups -OCH3 is 2. The molecule has 0 radical (unpaired) electrons. The highest BCUT2D eigenvalue weighted by atomic mass is 32.2. The van der Waals surface area contributed by atoms with Crippen molar-refractivity contribution in [3.8, 4) is 11.5 Å². The van der Waals surface area contributed by atoms with Crippen molar-refractivity contribution in [2.45, 2.75) is 32.4 Å². The number of carbonyl (C=O) groups excluding carboxylic acids is 1. The first-order valence-corrected chi connectivity index (χ1v) is 11.1. The molecule has 0 saturated heterocycles. The van der Waals surface area contributed by atoms with Gasteiger partial charge in [0.2, 0.25) is 15.9 Å². The molecule has 2 atom stereocenters. The molecule has 0 aliphatic rings. The van der Waals surface area contributed by atoms with Crippen LogP contribution in [0.1, 0.15) is 31.9 Å². The van der Waals surface area contributed by atoms with E-state index in [-0.39, 0.29) is 11.9 Å². The third-order valence-electron chi connectivity index (χ3n) is 4.61. The summed E-state index contributed by atoms with van der Waals surface area (Å²) in [6.07, 6.45) is 1.43. The first-order chi connectivity index (χ1) is 13.7. The summed E-state index contributed by atoms with van der Waals surface area (Å²) in [5.41, 5.74) is 1.27. The molecule has 0 unspecified atom stereocenters. The van der Waals surface area contributed by atoms with E-state index in [1.807, 2.05) is 13.0 Å². The van der Waals surface area contributed by atoms with Gasteiger partial charge in [0.25, 0.3) is 0 Å². The summed E-state index contributed by atoms with van der Waals surface area (Å²) in [5, 5.41) is 2.92. The lowest BCUT2D eigenvalue weighted by Crippen LogP contribution is -2.49. The first kappa shape index (κ1) is 22.5. The van der Waals surface area contributed by atoms with Crippen molar-refractivity contribution in [2.75, 3.05) is 24.8 Å². The maximum atomic E-state index is 13.0. The zero-order chi connectivity index (χ0) is 21.6. The third-order valence-corrected chi connectivity index (χ3v) is 5.79. The van der Waals surface area contributed by atoms with Gasteiger partial charge >= 0.3 is 0 Å². The minimum Gasteiger partial charge on any atom is -0.493 e. The number of amides is 1. The lowest BCUT2D eigenvalue weighted by atomic mass is 10.1. The Hall–Kier alpha value is -2.74. The molecule has 2 rings (SSSR count). The molecule has 2 aromatic rings. The molecular weight excluding hydrogens is 392 g/mol. The number of hydrogen-bond acceptors (Lipinski definition) is 5. The summed E-state index contributed by atoms with van der Waals surface area (Å²) in [5.74, 6) is 0.776. The van der Waals surface area contributed by atoms with E-state index in [0.29, 0.717) is 23.6 Å². The number of para-hydroxylation sites is 1. The molecule has 0 heterocycles. The Bertz CT molecular complexity index is 931. The number of rotatable bonds is 9. The van der Waals surface area contributed by atoms with Crippen LogP contribution in [0.25, 0.3) is 0 Å². The highest BCUT2D eigenvalue weighted by Gasteiger charge is 2.32. The van der Waals surface area contributed by atoms with E-state index in [1.54, 1.807) is 63.6 Å². The Morgan fingerprint density at radius 2 is 1.69 bits per heavy atom. The largest absolute Gasteiger partial charge is 0.493 e. The minimum atomic E-state index is -3.66. The number of nitrogens with one attached hydrogen (secondary N) is 1. The predicted molar refractivity (Wildman–Crippen MR) is 114 cm³/mol. The van der Waals surface area contributed by atoms with Gasteiger partial charge in [-0.3, -0.25) is 9.10 Å². The summed E-state index contributed by atoms with van der Waals surface area (Å²) < 4.78 is 36.7. The van der Waals surface area contributed by atoms with Crippen molar-refractivity contribution >= 4 is 21.6 Å². The molecule has 2 aromatic carbocycles. The summed E-state index contributed by atoms with van der Waals surface area (Å²) in [7, 11) is -0.561. The van der Waals surface area contributed by atoms with Gasteiger partial charge in [-0.1, -0.05) is 31.2 Å². The first-order valence-electron chi connectivity index (χ1n) is 9.29. The van der Waals surface area contributed by atoms with Gasteiger partial charge in [-0.05, 0) is 43.2 Å². The maximum Gasteiger partial charge on any atom is 0.244 e. The predicted octanol–water partition coefficient (Wildman–Crippen LogP) is 3.13. The Labute approximate surface area is 172 Å². The second kappa shape index (κ2) is 9.65. The van der Waals surface area contributed by atoms with Gasteiger partial charge in [0.15, 0.2) is 11.5 Å². The van der Waals surface area contributed by atoms with E-state index in [0.717, 1.165) is 11.8 Å². The van der Waals surface area contributed by atoms with Gasteiger partial charge in [-0.2, -0.15) is 0 Å². The molecule has 0 fully saturated rings. The average Bonchev–Trinajstić information content (AvgIpc) is 2.70. The van der Waals surface area contributed by atoms with Gasteiger partial charge in [-0.25, -0.2) is 8.42 Å². The lowest BCUT2D eigenvalue weighted by molar-refractivity contribution is -0.122. The SMILES string of the molecule is CC[C@@H](C(=O)N[C@H](C)c1ccc(OC)c(OC)c1)N(c1ccccc1)S(C)(=O)=O. The highest BCUT2D eigenvalue weighted by molar-refractivity contribution is 7.92. The molecule has 8 heteroatoms. The Kier molecular flexibility index (Phi) is 7.50. The van der Waals surface area contributed by atoms with Gasteiger partial charge < -0.3 is 14.8 Å². The van der Waals surface area contributed by atoms with Crippen LogP contribution in [0.5, 0.6) is 11.5 Å². The van der Waals surface area contributed by atoms with E-state index in [9.17, 15) is 13.2 Å². The molecule has 1 N–H and O–H groups in total. The van der Waals surface area contributed by atoms with Crippen molar-refractivity contribution in [3.05, 3.63) is 54.1 Å². The van der Waals surface area contributed by atoms with Crippen LogP contribution < -0.4 is 19.1 Å². The van der Waals surface area contributed by atoms with Crippen LogP contribution in [-0.2, 0) is 14.8 Å². The standard InChI is InChI=1S/C21H28N2O5S/c1-6-18(23(29(5,25)26)17-10-8-7-9-11-17)21(24)22-15(2)16-12-13-19(27-3)20(14-16)28-4/h7-15,18H,6H2,1-5H3,(H,22,24)/t15-,18+/m1/s1. The Balaban J connectivity index is 2.28. The van der Waals surface area contributed by atoms with Crippen molar-refractivity contribution in [3.63, 3.8) is 0 Å². The molecule has 1 amide bonds. The fourth-order valence-corrected chi connectivity index (χ4v) is 4.36.